The number of fused-ring (bicyclic) bond motifs is 1. The number of hydrogen-bond donors (Lipinski definition) is 3. The van der Waals surface area contributed by atoms with E-state index in [1.54, 1.807) is 12.4 Å². The number of nitrogens with zero attached hydrogens (tertiary/aromatic N) is 3. The average molecular weight is 372 g/mol. The second-order valence-corrected chi connectivity index (χ2v) is 7.50. The van der Waals surface area contributed by atoms with Gasteiger partial charge in [-0.1, -0.05) is 6.07 Å². The van der Waals surface area contributed by atoms with Gasteiger partial charge in [-0.15, -0.1) is 0 Å². The van der Waals surface area contributed by atoms with Crippen molar-refractivity contribution in [1.29, 1.82) is 0 Å². The van der Waals surface area contributed by atoms with Crippen molar-refractivity contribution in [3.8, 4) is 0 Å². The normalized spacial score (nSPS) is 25.4. The van der Waals surface area contributed by atoms with Crippen LogP contribution in [0.15, 0.2) is 24.5 Å². The van der Waals surface area contributed by atoms with E-state index < -0.39 is 6.10 Å². The third-order valence-corrected chi connectivity index (χ3v) is 5.82. The SMILES string of the molecule is OCC(O)c1ccc2ncnc(N[C@H]3CC[C@H](N4CCOCC4)CC3)c2c1. The van der Waals surface area contributed by atoms with E-state index in [1.165, 1.54) is 12.8 Å². The molecule has 0 spiro atoms. The fraction of sp³-hybridized carbons (Fsp3) is 0.600. The van der Waals surface area contributed by atoms with E-state index >= 15 is 0 Å². The Balaban J connectivity index is 1.44. The zero-order valence-corrected chi connectivity index (χ0v) is 15.5. The van der Waals surface area contributed by atoms with Crippen LogP contribution in [0.5, 0.6) is 0 Å². The number of rotatable bonds is 5. The summed E-state index contributed by atoms with van der Waals surface area (Å²) in [5.41, 5.74) is 1.52. The molecule has 1 atom stereocenters. The molecule has 1 unspecified atom stereocenters. The Bertz CT molecular complexity index is 758. The number of hydrogen-bond acceptors (Lipinski definition) is 7. The van der Waals surface area contributed by atoms with Gasteiger partial charge in [0.1, 0.15) is 18.2 Å². The molecule has 0 bridgehead atoms. The fourth-order valence-corrected chi connectivity index (χ4v) is 4.22. The van der Waals surface area contributed by atoms with Crippen molar-refractivity contribution >= 4 is 16.7 Å². The first kappa shape index (κ1) is 18.6. The molecule has 0 radical (unpaired) electrons. The molecule has 7 heteroatoms. The largest absolute Gasteiger partial charge is 0.393 e. The number of anilines is 1. The molecule has 0 amide bonds. The van der Waals surface area contributed by atoms with Crippen LogP contribution in [0.25, 0.3) is 10.9 Å². The maximum Gasteiger partial charge on any atom is 0.137 e. The van der Waals surface area contributed by atoms with E-state index in [0.29, 0.717) is 17.6 Å². The first-order valence-corrected chi connectivity index (χ1v) is 9.86. The minimum absolute atomic E-state index is 0.298. The highest BCUT2D eigenvalue weighted by Gasteiger charge is 2.27. The van der Waals surface area contributed by atoms with Gasteiger partial charge in [0.25, 0.3) is 0 Å². The average Bonchev–Trinajstić information content (AvgIpc) is 2.74. The molecule has 146 valence electrons. The summed E-state index contributed by atoms with van der Waals surface area (Å²) in [5, 5.41) is 23.6. The van der Waals surface area contributed by atoms with Crippen molar-refractivity contribution in [2.45, 2.75) is 43.9 Å². The number of ether oxygens (including phenoxy) is 1. The number of benzene rings is 1. The minimum Gasteiger partial charge on any atom is -0.393 e. The van der Waals surface area contributed by atoms with Crippen molar-refractivity contribution in [3.63, 3.8) is 0 Å². The molecule has 27 heavy (non-hydrogen) atoms. The molecule has 1 aliphatic heterocycles. The molecular weight excluding hydrogens is 344 g/mol. The molecule has 1 aliphatic carbocycles. The summed E-state index contributed by atoms with van der Waals surface area (Å²) >= 11 is 0. The lowest BCUT2D eigenvalue weighted by Gasteiger charge is -2.39. The van der Waals surface area contributed by atoms with Crippen molar-refractivity contribution in [2.75, 3.05) is 38.2 Å². The zero-order valence-electron chi connectivity index (χ0n) is 15.5. The van der Waals surface area contributed by atoms with Gasteiger partial charge < -0.3 is 20.3 Å². The Morgan fingerprint density at radius 3 is 2.67 bits per heavy atom. The summed E-state index contributed by atoms with van der Waals surface area (Å²) in [6.07, 6.45) is 5.31. The minimum atomic E-state index is -0.883. The number of aliphatic hydroxyl groups is 2. The summed E-state index contributed by atoms with van der Waals surface area (Å²) in [6.45, 7) is 3.51. The van der Waals surface area contributed by atoms with Gasteiger partial charge in [0.2, 0.25) is 0 Å². The van der Waals surface area contributed by atoms with Crippen LogP contribution in [-0.4, -0.2) is 70.1 Å². The summed E-state index contributed by atoms with van der Waals surface area (Å²) in [5.74, 6) is 0.807. The van der Waals surface area contributed by atoms with Crippen LogP contribution in [0.3, 0.4) is 0 Å². The van der Waals surface area contributed by atoms with Crippen molar-refractivity contribution < 1.29 is 14.9 Å². The van der Waals surface area contributed by atoms with E-state index in [4.69, 9.17) is 4.74 Å². The molecule has 1 aromatic carbocycles. The smallest absolute Gasteiger partial charge is 0.137 e. The highest BCUT2D eigenvalue weighted by atomic mass is 16.5. The number of aliphatic hydroxyl groups excluding tert-OH is 2. The first-order chi connectivity index (χ1) is 13.2. The predicted molar refractivity (Wildman–Crippen MR) is 104 cm³/mol. The summed E-state index contributed by atoms with van der Waals surface area (Å²) in [6, 6.07) is 6.60. The lowest BCUT2D eigenvalue weighted by Crippen LogP contribution is -2.46. The van der Waals surface area contributed by atoms with Gasteiger partial charge >= 0.3 is 0 Å². The van der Waals surface area contributed by atoms with Crippen LogP contribution in [-0.2, 0) is 4.74 Å². The summed E-state index contributed by atoms with van der Waals surface area (Å²) in [7, 11) is 0. The van der Waals surface area contributed by atoms with E-state index in [0.717, 1.165) is 55.9 Å². The Kier molecular flexibility index (Phi) is 5.83. The van der Waals surface area contributed by atoms with Gasteiger partial charge in [0.15, 0.2) is 0 Å². The molecule has 1 saturated carbocycles. The maximum atomic E-state index is 9.93. The van der Waals surface area contributed by atoms with Crippen molar-refractivity contribution in [3.05, 3.63) is 30.1 Å². The lowest BCUT2D eigenvalue weighted by molar-refractivity contribution is 0.00791. The van der Waals surface area contributed by atoms with E-state index in [9.17, 15) is 10.2 Å². The van der Waals surface area contributed by atoms with Crippen LogP contribution in [0.1, 0.15) is 37.4 Å². The van der Waals surface area contributed by atoms with Gasteiger partial charge in [0, 0.05) is 30.6 Å². The molecular formula is C20H28N4O3. The number of aromatic nitrogens is 2. The molecule has 1 aromatic heterocycles. The lowest BCUT2D eigenvalue weighted by atomic mass is 9.90. The van der Waals surface area contributed by atoms with Gasteiger partial charge in [-0.3, -0.25) is 4.90 Å². The van der Waals surface area contributed by atoms with Gasteiger partial charge in [-0.25, -0.2) is 9.97 Å². The van der Waals surface area contributed by atoms with Gasteiger partial charge in [-0.05, 0) is 43.4 Å². The van der Waals surface area contributed by atoms with Crippen LogP contribution in [0.2, 0.25) is 0 Å². The summed E-state index contributed by atoms with van der Waals surface area (Å²) in [4.78, 5) is 11.3. The van der Waals surface area contributed by atoms with Gasteiger partial charge in [-0.2, -0.15) is 0 Å². The van der Waals surface area contributed by atoms with Crippen molar-refractivity contribution in [2.24, 2.45) is 0 Å². The maximum absolute atomic E-state index is 9.93. The Hall–Kier alpha value is -1.80. The number of morpholine rings is 1. The molecule has 2 aliphatic rings. The van der Waals surface area contributed by atoms with Crippen LogP contribution < -0.4 is 5.32 Å². The highest BCUT2D eigenvalue weighted by molar-refractivity contribution is 5.89. The monoisotopic (exact) mass is 372 g/mol. The molecule has 1 saturated heterocycles. The van der Waals surface area contributed by atoms with E-state index in [1.807, 2.05) is 12.1 Å². The predicted octanol–water partition coefficient (Wildman–Crippen LogP) is 1.71. The topological polar surface area (TPSA) is 90.7 Å². The van der Waals surface area contributed by atoms with Crippen LogP contribution in [0.4, 0.5) is 5.82 Å². The molecule has 2 aromatic rings. The Labute approximate surface area is 159 Å². The molecule has 3 N–H and O–H groups in total. The third kappa shape index (κ3) is 4.21. The molecule has 2 heterocycles. The van der Waals surface area contributed by atoms with Crippen LogP contribution >= 0.6 is 0 Å². The van der Waals surface area contributed by atoms with Gasteiger partial charge in [0.05, 0.1) is 25.3 Å². The van der Waals surface area contributed by atoms with Crippen LogP contribution in [0, 0.1) is 0 Å². The zero-order chi connectivity index (χ0) is 18.6. The first-order valence-electron chi connectivity index (χ1n) is 9.86. The Morgan fingerprint density at radius 1 is 1.15 bits per heavy atom. The Morgan fingerprint density at radius 2 is 1.93 bits per heavy atom. The van der Waals surface area contributed by atoms with E-state index in [-0.39, 0.29) is 6.61 Å². The number of nitrogens with one attached hydrogen (secondary N) is 1. The van der Waals surface area contributed by atoms with Crippen molar-refractivity contribution in [1.82, 2.24) is 14.9 Å². The fourth-order valence-electron chi connectivity index (χ4n) is 4.22. The molecule has 2 fully saturated rings. The molecule has 4 rings (SSSR count). The second-order valence-electron chi connectivity index (χ2n) is 7.50. The second kappa shape index (κ2) is 8.48. The third-order valence-electron chi connectivity index (χ3n) is 5.82. The summed E-state index contributed by atoms with van der Waals surface area (Å²) < 4.78 is 5.46. The molecule has 7 nitrogen and oxygen atoms in total. The quantitative estimate of drug-likeness (QED) is 0.736. The standard InChI is InChI=1S/C20H28N4O3/c25-12-19(26)14-1-6-18-17(11-14)20(22-13-21-18)23-15-2-4-16(5-3-15)24-7-9-27-10-8-24/h1,6,11,13,15-16,19,25-26H,2-5,7-10,12H2,(H,21,22,23)/t15-,16-,19?. The highest BCUT2D eigenvalue weighted by Crippen LogP contribution is 2.29. The van der Waals surface area contributed by atoms with E-state index in [2.05, 4.69) is 20.2 Å².